The van der Waals surface area contributed by atoms with Gasteiger partial charge in [-0.3, -0.25) is 9.36 Å². The first-order valence-corrected chi connectivity index (χ1v) is 10.8. The summed E-state index contributed by atoms with van der Waals surface area (Å²) in [6, 6.07) is 8.52. The Morgan fingerprint density at radius 1 is 1.04 bits per heavy atom. The lowest BCUT2D eigenvalue weighted by Gasteiger charge is -2.36. The first-order chi connectivity index (χ1) is 13.7. The van der Waals surface area contributed by atoms with Gasteiger partial charge in [-0.1, -0.05) is 49.8 Å². The number of aromatic nitrogens is 2. The van der Waals surface area contributed by atoms with Crippen molar-refractivity contribution in [2.24, 2.45) is 5.92 Å². The number of anilines is 1. The molecule has 1 aromatic carbocycles. The van der Waals surface area contributed by atoms with Crippen molar-refractivity contribution in [2.75, 3.05) is 31.1 Å². The Morgan fingerprint density at radius 3 is 2.46 bits per heavy atom. The summed E-state index contributed by atoms with van der Waals surface area (Å²) in [6.45, 7) is 5.38. The van der Waals surface area contributed by atoms with Gasteiger partial charge in [0.15, 0.2) is 0 Å². The predicted octanol–water partition coefficient (Wildman–Crippen LogP) is 4.19. The molecule has 2 heterocycles. The zero-order chi connectivity index (χ0) is 19.3. The number of hydrogen-bond acceptors (Lipinski definition) is 3. The molecule has 0 unspecified atom stereocenters. The smallest absolute Gasteiger partial charge is 0.222 e. The van der Waals surface area contributed by atoms with Gasteiger partial charge in [-0.2, -0.15) is 0 Å². The molecular formula is C23H32N4O. The molecule has 0 spiro atoms. The summed E-state index contributed by atoms with van der Waals surface area (Å²) in [6.07, 6.45) is 12.4. The third-order valence-corrected chi connectivity index (χ3v) is 6.34. The van der Waals surface area contributed by atoms with Crippen LogP contribution in [0.25, 0.3) is 5.69 Å². The molecule has 2 aromatic rings. The number of carbonyl (C=O) groups excluding carboxylic acids is 1. The molecule has 150 valence electrons. The molecule has 0 radical (unpaired) electrons. The van der Waals surface area contributed by atoms with Crippen LogP contribution in [0.2, 0.25) is 0 Å². The quantitative estimate of drug-likeness (QED) is 0.781. The van der Waals surface area contributed by atoms with Crippen LogP contribution in [0.4, 0.5) is 5.95 Å². The molecule has 1 aromatic heterocycles. The van der Waals surface area contributed by atoms with Crippen molar-refractivity contribution < 1.29 is 4.79 Å². The fourth-order valence-electron chi connectivity index (χ4n) is 4.55. The van der Waals surface area contributed by atoms with Crippen LogP contribution in [-0.4, -0.2) is 46.5 Å². The van der Waals surface area contributed by atoms with E-state index < -0.39 is 0 Å². The molecule has 0 N–H and O–H groups in total. The standard InChI is InChI=1S/C23H32N4O/c1-19-7-10-21(11-8-19)27-14-13-24-23(27)26-17-15-25(16-18-26)22(28)12-9-20-5-3-2-4-6-20/h7-8,10-11,13-14,20H,2-6,9,12,15-18H2,1H3. The lowest BCUT2D eigenvalue weighted by Crippen LogP contribution is -2.49. The summed E-state index contributed by atoms with van der Waals surface area (Å²) in [5, 5.41) is 0. The number of imidazole rings is 1. The fraction of sp³-hybridized carbons (Fsp3) is 0.565. The molecule has 1 aliphatic heterocycles. The molecule has 1 saturated carbocycles. The molecule has 28 heavy (non-hydrogen) atoms. The molecule has 4 rings (SSSR count). The normalized spacial score (nSPS) is 18.5. The Morgan fingerprint density at radius 2 is 1.75 bits per heavy atom. The van der Waals surface area contributed by atoms with E-state index in [0.717, 1.165) is 56.6 Å². The predicted molar refractivity (Wildman–Crippen MR) is 113 cm³/mol. The Balaban J connectivity index is 1.31. The van der Waals surface area contributed by atoms with Crippen molar-refractivity contribution in [3.63, 3.8) is 0 Å². The van der Waals surface area contributed by atoms with E-state index in [4.69, 9.17) is 0 Å². The van der Waals surface area contributed by atoms with E-state index in [1.165, 1.54) is 37.7 Å². The summed E-state index contributed by atoms with van der Waals surface area (Å²) < 4.78 is 2.14. The lowest BCUT2D eigenvalue weighted by atomic mass is 9.86. The van der Waals surface area contributed by atoms with Crippen molar-refractivity contribution in [3.05, 3.63) is 42.2 Å². The average Bonchev–Trinajstić information content (AvgIpc) is 3.23. The Hall–Kier alpha value is -2.30. The molecule has 5 heteroatoms. The number of aryl methyl sites for hydroxylation is 1. The summed E-state index contributed by atoms with van der Waals surface area (Å²) in [5.74, 6) is 2.09. The zero-order valence-electron chi connectivity index (χ0n) is 17.0. The molecule has 2 aliphatic rings. The second-order valence-electron chi connectivity index (χ2n) is 8.34. The molecule has 0 atom stereocenters. The van der Waals surface area contributed by atoms with Crippen LogP contribution >= 0.6 is 0 Å². The van der Waals surface area contributed by atoms with E-state index in [9.17, 15) is 4.79 Å². The number of amides is 1. The minimum Gasteiger partial charge on any atom is -0.339 e. The van der Waals surface area contributed by atoms with Crippen LogP contribution in [0.5, 0.6) is 0 Å². The van der Waals surface area contributed by atoms with Gasteiger partial charge in [0.25, 0.3) is 0 Å². The second kappa shape index (κ2) is 8.80. The zero-order valence-corrected chi connectivity index (χ0v) is 17.0. The Kier molecular flexibility index (Phi) is 5.98. The largest absolute Gasteiger partial charge is 0.339 e. The topological polar surface area (TPSA) is 41.4 Å². The average molecular weight is 381 g/mol. The first kappa shape index (κ1) is 19.0. The van der Waals surface area contributed by atoms with E-state index in [-0.39, 0.29) is 0 Å². The Labute approximate surface area is 168 Å². The van der Waals surface area contributed by atoms with E-state index in [0.29, 0.717) is 5.91 Å². The highest BCUT2D eigenvalue weighted by Gasteiger charge is 2.24. The van der Waals surface area contributed by atoms with Gasteiger partial charge in [-0.25, -0.2) is 4.98 Å². The van der Waals surface area contributed by atoms with E-state index in [1.54, 1.807) is 0 Å². The SMILES string of the molecule is Cc1ccc(-n2ccnc2N2CCN(C(=O)CCC3CCCCC3)CC2)cc1. The number of carbonyl (C=O) groups is 1. The number of benzene rings is 1. The van der Waals surface area contributed by atoms with Crippen molar-refractivity contribution in [1.82, 2.24) is 14.5 Å². The summed E-state index contributed by atoms with van der Waals surface area (Å²) in [5.41, 5.74) is 2.38. The van der Waals surface area contributed by atoms with Gasteiger partial charge in [0, 0.05) is 50.7 Å². The Bertz CT molecular complexity index is 768. The lowest BCUT2D eigenvalue weighted by molar-refractivity contribution is -0.131. The number of rotatable bonds is 5. The number of nitrogens with zero attached hydrogens (tertiary/aromatic N) is 4. The fourth-order valence-corrected chi connectivity index (χ4v) is 4.55. The van der Waals surface area contributed by atoms with Crippen molar-refractivity contribution >= 4 is 11.9 Å². The first-order valence-electron chi connectivity index (χ1n) is 10.8. The van der Waals surface area contributed by atoms with Crippen molar-refractivity contribution in [3.8, 4) is 5.69 Å². The molecular weight excluding hydrogens is 348 g/mol. The van der Waals surface area contributed by atoms with Gasteiger partial charge in [-0.15, -0.1) is 0 Å². The van der Waals surface area contributed by atoms with Crippen LogP contribution in [0.3, 0.4) is 0 Å². The van der Waals surface area contributed by atoms with Crippen LogP contribution in [0, 0.1) is 12.8 Å². The molecule has 1 saturated heterocycles. The maximum absolute atomic E-state index is 12.6. The summed E-state index contributed by atoms with van der Waals surface area (Å²) in [4.78, 5) is 21.6. The van der Waals surface area contributed by atoms with E-state index in [2.05, 4.69) is 50.5 Å². The summed E-state index contributed by atoms with van der Waals surface area (Å²) >= 11 is 0. The van der Waals surface area contributed by atoms with E-state index >= 15 is 0 Å². The van der Waals surface area contributed by atoms with Gasteiger partial charge in [0.05, 0.1) is 0 Å². The monoisotopic (exact) mass is 380 g/mol. The maximum atomic E-state index is 12.6. The molecule has 1 amide bonds. The van der Waals surface area contributed by atoms with Gasteiger partial charge in [0.1, 0.15) is 0 Å². The number of piperazine rings is 1. The molecule has 2 fully saturated rings. The van der Waals surface area contributed by atoms with Crippen LogP contribution in [0.1, 0.15) is 50.5 Å². The number of hydrogen-bond donors (Lipinski definition) is 0. The third kappa shape index (κ3) is 4.40. The molecule has 0 bridgehead atoms. The van der Waals surface area contributed by atoms with Gasteiger partial charge in [-0.05, 0) is 31.4 Å². The molecule has 1 aliphatic carbocycles. The van der Waals surface area contributed by atoms with Crippen molar-refractivity contribution in [1.29, 1.82) is 0 Å². The third-order valence-electron chi connectivity index (χ3n) is 6.34. The highest BCUT2D eigenvalue weighted by molar-refractivity contribution is 5.76. The van der Waals surface area contributed by atoms with Crippen LogP contribution in [-0.2, 0) is 4.79 Å². The summed E-state index contributed by atoms with van der Waals surface area (Å²) in [7, 11) is 0. The molecule has 5 nitrogen and oxygen atoms in total. The van der Waals surface area contributed by atoms with Crippen LogP contribution < -0.4 is 4.90 Å². The second-order valence-corrected chi connectivity index (χ2v) is 8.34. The van der Waals surface area contributed by atoms with Crippen molar-refractivity contribution in [2.45, 2.75) is 51.9 Å². The van der Waals surface area contributed by atoms with Gasteiger partial charge in [0.2, 0.25) is 11.9 Å². The minimum atomic E-state index is 0.340. The maximum Gasteiger partial charge on any atom is 0.222 e. The van der Waals surface area contributed by atoms with Gasteiger partial charge < -0.3 is 9.80 Å². The highest BCUT2D eigenvalue weighted by atomic mass is 16.2. The minimum absolute atomic E-state index is 0.340. The van der Waals surface area contributed by atoms with Crippen LogP contribution in [0.15, 0.2) is 36.7 Å². The van der Waals surface area contributed by atoms with E-state index in [1.807, 2.05) is 12.4 Å². The van der Waals surface area contributed by atoms with Gasteiger partial charge >= 0.3 is 0 Å². The highest BCUT2D eigenvalue weighted by Crippen LogP contribution is 2.27.